The molecule has 302 valence electrons. The monoisotopic (exact) mass is 768 g/mol. The predicted molar refractivity (Wildman–Crippen MR) is 202 cm³/mol. The van der Waals surface area contributed by atoms with E-state index in [2.05, 4.69) is 15.4 Å². The van der Waals surface area contributed by atoms with Crippen molar-refractivity contribution in [2.45, 2.75) is 132 Å². The molecule has 0 saturated carbocycles. The molecule has 0 aliphatic carbocycles. The molecular formula is C39H56N6O10. The normalized spacial score (nSPS) is 14.1. The average molecular weight is 769 g/mol. The highest BCUT2D eigenvalue weighted by atomic mass is 16.6. The largest absolute Gasteiger partial charge is 0.465 e. The fraction of sp³-hybridized carbons (Fsp3) is 0.590. The van der Waals surface area contributed by atoms with E-state index in [0.29, 0.717) is 24.3 Å². The zero-order valence-corrected chi connectivity index (χ0v) is 34.1. The van der Waals surface area contributed by atoms with Gasteiger partial charge in [0.05, 0.1) is 12.3 Å². The van der Waals surface area contributed by atoms with Crippen molar-refractivity contribution in [3.63, 3.8) is 0 Å². The number of imide groups is 1. The maximum absolute atomic E-state index is 13.9. The number of rotatable bonds is 9. The van der Waals surface area contributed by atoms with Crippen LogP contribution in [-0.4, -0.2) is 97.5 Å². The van der Waals surface area contributed by atoms with Crippen molar-refractivity contribution >= 4 is 41.9 Å². The molecule has 1 aromatic heterocycles. The zero-order valence-electron chi connectivity index (χ0n) is 34.1. The number of hydrogen-bond acceptors (Lipinski definition) is 11. The van der Waals surface area contributed by atoms with Crippen LogP contribution in [0.25, 0.3) is 0 Å². The van der Waals surface area contributed by atoms with Gasteiger partial charge in [0.1, 0.15) is 29.4 Å². The molecule has 0 unspecified atom stereocenters. The van der Waals surface area contributed by atoms with Crippen molar-refractivity contribution in [1.29, 1.82) is 0 Å². The lowest BCUT2D eigenvalue weighted by molar-refractivity contribution is -0.144. The van der Waals surface area contributed by atoms with Crippen LogP contribution in [0.5, 0.6) is 0 Å². The van der Waals surface area contributed by atoms with Gasteiger partial charge in [0.2, 0.25) is 5.91 Å². The van der Waals surface area contributed by atoms with Gasteiger partial charge in [-0.05, 0) is 93.7 Å². The summed E-state index contributed by atoms with van der Waals surface area (Å²) in [6, 6.07) is 4.78. The number of esters is 1. The number of aliphatic imine (C=N–C) groups is 1. The first-order chi connectivity index (χ1) is 25.4. The van der Waals surface area contributed by atoms with Gasteiger partial charge in [0.25, 0.3) is 5.91 Å². The maximum atomic E-state index is 13.9. The van der Waals surface area contributed by atoms with Crippen molar-refractivity contribution in [1.82, 2.24) is 24.9 Å². The standard InChI is InChI=1S/C39H56N6O10/c1-13-52-30(46)23-44-22-27-21-43(19-18-28(27)42-44)33(48)29(20-24(2)3)40-32(47)26-16-14-25(15-17-26)31(41-34(49)53-37(4,5)6)45(35(50)54-38(7,8)9)36(51)55-39(10,11)12/h14-17,22,24,29H,13,18-21,23H2,1-12H3,(H,40,47)/b41-31+/t29-/m0/s1. The summed E-state index contributed by atoms with van der Waals surface area (Å²) < 4.78 is 22.9. The Hall–Kier alpha value is -5.28. The van der Waals surface area contributed by atoms with Gasteiger partial charge in [-0.15, -0.1) is 0 Å². The van der Waals surface area contributed by atoms with Crippen LogP contribution in [0.3, 0.4) is 0 Å². The van der Waals surface area contributed by atoms with Gasteiger partial charge >= 0.3 is 24.2 Å². The fourth-order valence-electron chi connectivity index (χ4n) is 5.38. The van der Waals surface area contributed by atoms with Crippen LogP contribution < -0.4 is 5.32 Å². The summed E-state index contributed by atoms with van der Waals surface area (Å²) in [5.41, 5.74) is -1.19. The Kier molecular flexibility index (Phi) is 14.4. The highest BCUT2D eigenvalue weighted by Crippen LogP contribution is 2.22. The van der Waals surface area contributed by atoms with Gasteiger partial charge in [0.15, 0.2) is 5.84 Å². The van der Waals surface area contributed by atoms with E-state index >= 15 is 0 Å². The number of nitrogens with one attached hydrogen (secondary N) is 1. The van der Waals surface area contributed by atoms with E-state index in [9.17, 15) is 28.8 Å². The molecular weight excluding hydrogens is 712 g/mol. The SMILES string of the molecule is CCOC(=O)Cn1cc2c(n1)CCN(C(=O)[C@H](CC(C)C)NC(=O)c1ccc(/C(=N\C(=O)OC(C)(C)C)N(C(=O)OC(C)(C)C)C(=O)OC(C)(C)C)cc1)C2. The smallest absolute Gasteiger partial charge is 0.436 e. The molecule has 0 bridgehead atoms. The molecule has 1 aliphatic rings. The summed E-state index contributed by atoms with van der Waals surface area (Å²) in [6.07, 6.45) is -0.822. The number of benzene rings is 1. The second kappa shape index (κ2) is 17.9. The number of carbonyl (C=O) groups excluding carboxylic acids is 6. The molecule has 5 amide bonds. The topological polar surface area (TPSA) is 188 Å². The van der Waals surface area contributed by atoms with E-state index in [1.807, 2.05) is 13.8 Å². The van der Waals surface area contributed by atoms with E-state index in [4.69, 9.17) is 18.9 Å². The summed E-state index contributed by atoms with van der Waals surface area (Å²) in [7, 11) is 0. The van der Waals surface area contributed by atoms with Crippen molar-refractivity contribution < 1.29 is 47.7 Å². The Morgan fingerprint density at radius 1 is 0.855 bits per heavy atom. The molecule has 16 heteroatoms. The summed E-state index contributed by atoms with van der Waals surface area (Å²) in [5.74, 6) is -1.61. The minimum Gasteiger partial charge on any atom is -0.465 e. The van der Waals surface area contributed by atoms with Crippen LogP contribution in [0, 0.1) is 5.92 Å². The molecule has 0 spiro atoms. The summed E-state index contributed by atoms with van der Waals surface area (Å²) in [6.45, 7) is 21.1. The lowest BCUT2D eigenvalue weighted by Crippen LogP contribution is -2.50. The van der Waals surface area contributed by atoms with Crippen LogP contribution >= 0.6 is 0 Å². The highest BCUT2D eigenvalue weighted by molar-refractivity contribution is 6.18. The zero-order chi connectivity index (χ0) is 41.5. The molecule has 2 heterocycles. The Morgan fingerprint density at radius 3 is 1.91 bits per heavy atom. The van der Waals surface area contributed by atoms with E-state index in [-0.39, 0.29) is 42.6 Å². The summed E-state index contributed by atoms with van der Waals surface area (Å²) in [4.78, 5) is 85.8. The fourth-order valence-corrected chi connectivity index (χ4v) is 5.38. The molecule has 1 aliphatic heterocycles. The number of fused-ring (bicyclic) bond motifs is 1. The molecule has 0 saturated heterocycles. The van der Waals surface area contributed by atoms with Gasteiger partial charge in [0, 0.05) is 42.4 Å². The van der Waals surface area contributed by atoms with Gasteiger partial charge in [-0.3, -0.25) is 19.1 Å². The molecule has 2 aromatic rings. The van der Waals surface area contributed by atoms with Crippen molar-refractivity contribution in [3.05, 3.63) is 52.8 Å². The molecule has 1 atom stereocenters. The Bertz CT molecular complexity index is 1730. The molecule has 1 N–H and O–H groups in total. The first-order valence-corrected chi connectivity index (χ1v) is 18.3. The van der Waals surface area contributed by atoms with E-state index < -0.39 is 58.8 Å². The minimum absolute atomic E-state index is 0.0337. The van der Waals surface area contributed by atoms with Crippen LogP contribution in [-0.2, 0) is 48.0 Å². The van der Waals surface area contributed by atoms with E-state index in [1.165, 1.54) is 28.9 Å². The third-order valence-corrected chi connectivity index (χ3v) is 7.48. The van der Waals surface area contributed by atoms with E-state index in [0.717, 1.165) is 11.3 Å². The summed E-state index contributed by atoms with van der Waals surface area (Å²) in [5, 5.41) is 7.35. The van der Waals surface area contributed by atoms with Gasteiger partial charge in [-0.2, -0.15) is 15.0 Å². The number of amides is 5. The van der Waals surface area contributed by atoms with Crippen molar-refractivity contribution in [2.24, 2.45) is 10.9 Å². The highest BCUT2D eigenvalue weighted by Gasteiger charge is 2.37. The lowest BCUT2D eigenvalue weighted by Gasteiger charge is -2.31. The van der Waals surface area contributed by atoms with Crippen LogP contribution in [0.1, 0.15) is 117 Å². The van der Waals surface area contributed by atoms with Crippen molar-refractivity contribution in [2.75, 3.05) is 13.2 Å². The van der Waals surface area contributed by atoms with E-state index in [1.54, 1.807) is 80.3 Å². The Morgan fingerprint density at radius 2 is 1.40 bits per heavy atom. The Labute approximate surface area is 322 Å². The molecule has 0 fully saturated rings. The second-order valence-corrected chi connectivity index (χ2v) is 16.6. The van der Waals surface area contributed by atoms with Crippen LogP contribution in [0.2, 0.25) is 0 Å². The number of ether oxygens (including phenoxy) is 4. The molecule has 16 nitrogen and oxygen atoms in total. The third-order valence-electron chi connectivity index (χ3n) is 7.48. The Balaban J connectivity index is 1.92. The first kappa shape index (κ1) is 44.1. The molecule has 1 aromatic carbocycles. The molecule has 0 radical (unpaired) electrons. The minimum atomic E-state index is -1.16. The average Bonchev–Trinajstić information content (AvgIpc) is 3.42. The van der Waals surface area contributed by atoms with Gasteiger partial charge in [-0.1, -0.05) is 26.0 Å². The van der Waals surface area contributed by atoms with Crippen LogP contribution in [0.4, 0.5) is 14.4 Å². The van der Waals surface area contributed by atoms with Gasteiger partial charge < -0.3 is 29.2 Å². The quantitative estimate of drug-likeness (QED) is 0.136. The molecule has 55 heavy (non-hydrogen) atoms. The number of hydrogen-bond donors (Lipinski definition) is 1. The van der Waals surface area contributed by atoms with Crippen LogP contribution in [0.15, 0.2) is 35.5 Å². The molecule has 3 rings (SSSR count). The maximum Gasteiger partial charge on any atom is 0.436 e. The number of nitrogens with zero attached hydrogens (tertiary/aromatic N) is 5. The number of amidine groups is 1. The lowest BCUT2D eigenvalue weighted by atomic mass is 10.00. The van der Waals surface area contributed by atoms with Gasteiger partial charge in [-0.25, -0.2) is 14.4 Å². The number of aromatic nitrogens is 2. The number of carbonyl (C=O) groups is 6. The second-order valence-electron chi connectivity index (χ2n) is 16.6. The van der Waals surface area contributed by atoms with Crippen molar-refractivity contribution in [3.8, 4) is 0 Å². The first-order valence-electron chi connectivity index (χ1n) is 18.3. The summed E-state index contributed by atoms with van der Waals surface area (Å²) >= 11 is 0. The predicted octanol–water partition coefficient (Wildman–Crippen LogP) is 6.03. The third kappa shape index (κ3) is 13.8.